The molecule has 42 heavy (non-hydrogen) atoms. The Morgan fingerprint density at radius 3 is 1.81 bits per heavy atom. The number of hydrogen-bond acceptors (Lipinski definition) is 10. The molecule has 0 spiro atoms. The van der Waals surface area contributed by atoms with Gasteiger partial charge >= 0.3 is 7.12 Å². The van der Waals surface area contributed by atoms with Gasteiger partial charge in [0.15, 0.2) is 0 Å². The highest BCUT2D eigenvalue weighted by Gasteiger charge is 2.26. The first-order chi connectivity index (χ1) is 20.3. The van der Waals surface area contributed by atoms with Crippen molar-refractivity contribution in [2.45, 2.75) is 45.8 Å². The summed E-state index contributed by atoms with van der Waals surface area (Å²) >= 11 is 0. The smallest absolute Gasteiger partial charge is 0.426 e. The molecular weight excluding hydrogens is 531 g/mol. The Morgan fingerprint density at radius 1 is 0.881 bits per heavy atom. The molecule has 0 aliphatic carbocycles. The minimum absolute atomic E-state index is 0.0484. The fourth-order valence-electron chi connectivity index (χ4n) is 4.50. The minimum atomic E-state index is -1.63. The Hall–Kier alpha value is -3.84. The Bertz CT molecular complexity index is 1160. The number of aromatic nitrogens is 3. The Kier molecular flexibility index (Phi) is 13.9. The topological polar surface area (TPSA) is 153 Å². The van der Waals surface area contributed by atoms with Crippen molar-refractivity contribution in [3.63, 3.8) is 0 Å². The third-order valence-electron chi connectivity index (χ3n) is 6.57. The van der Waals surface area contributed by atoms with E-state index in [0.29, 0.717) is 44.8 Å². The second-order valence-electron chi connectivity index (χ2n) is 10.6. The zero-order chi connectivity index (χ0) is 30.2. The van der Waals surface area contributed by atoms with Gasteiger partial charge in [0.1, 0.15) is 0 Å². The molecule has 0 radical (unpaired) electrons. The molecule has 1 atom stereocenters. The van der Waals surface area contributed by atoms with Gasteiger partial charge in [-0.05, 0) is 48.7 Å². The lowest BCUT2D eigenvalue weighted by atomic mass is 9.75. The maximum Gasteiger partial charge on any atom is 0.475 e. The quantitative estimate of drug-likeness (QED) is 0.141. The highest BCUT2D eigenvalue weighted by atomic mass is 16.4. The number of nitrogens with one attached hydrogen (secondary N) is 2. The number of hydrogen-bond donors (Lipinski definition) is 5. The summed E-state index contributed by atoms with van der Waals surface area (Å²) in [6.07, 6.45) is 7.29. The summed E-state index contributed by atoms with van der Waals surface area (Å²) in [5, 5.41) is 25.1. The minimum Gasteiger partial charge on any atom is -0.426 e. The molecule has 3 rings (SSSR count). The maximum absolute atomic E-state index is 12.6. The number of carbonyl (C=O) groups is 1. The van der Waals surface area contributed by atoms with Gasteiger partial charge in [-0.3, -0.25) is 29.5 Å². The largest absolute Gasteiger partial charge is 0.475 e. The molecule has 0 saturated heterocycles. The summed E-state index contributed by atoms with van der Waals surface area (Å²) in [7, 11) is -1.63. The van der Waals surface area contributed by atoms with Crippen molar-refractivity contribution < 1.29 is 14.8 Å². The fraction of sp³-hybridized carbons (Fsp3) is 0.400. The molecule has 6 N–H and O–H groups in total. The van der Waals surface area contributed by atoms with E-state index in [2.05, 4.69) is 35.4 Å². The van der Waals surface area contributed by atoms with E-state index in [4.69, 9.17) is 5.73 Å². The molecule has 3 aromatic rings. The molecule has 0 saturated carbocycles. The van der Waals surface area contributed by atoms with E-state index in [0.717, 1.165) is 23.6 Å². The van der Waals surface area contributed by atoms with Gasteiger partial charge in [-0.15, -0.1) is 0 Å². The van der Waals surface area contributed by atoms with Crippen molar-refractivity contribution >= 4 is 13.0 Å². The average Bonchev–Trinajstić information content (AvgIpc) is 2.98. The molecule has 0 aliphatic rings. The second-order valence-corrected chi connectivity index (χ2v) is 10.6. The molecule has 3 heterocycles. The van der Waals surface area contributed by atoms with Crippen molar-refractivity contribution in [1.82, 2.24) is 35.4 Å². The lowest BCUT2D eigenvalue weighted by Crippen LogP contribution is -2.49. The summed E-state index contributed by atoms with van der Waals surface area (Å²) in [6.45, 7) is 7.66. The van der Waals surface area contributed by atoms with Crippen LogP contribution in [0.25, 0.3) is 0 Å². The van der Waals surface area contributed by atoms with Crippen molar-refractivity contribution in [2.24, 2.45) is 11.7 Å². The second kappa shape index (κ2) is 17.9. The van der Waals surface area contributed by atoms with Crippen LogP contribution < -0.4 is 16.4 Å². The monoisotopic (exact) mass is 574 g/mol. The molecule has 0 aliphatic heterocycles. The van der Waals surface area contributed by atoms with Gasteiger partial charge in [-0.25, -0.2) is 0 Å². The number of amides is 1. The zero-order valence-corrected chi connectivity index (χ0v) is 24.5. The first-order valence-electron chi connectivity index (χ1n) is 14.3. The van der Waals surface area contributed by atoms with Crippen molar-refractivity contribution in [3.8, 4) is 0 Å². The van der Waals surface area contributed by atoms with Gasteiger partial charge in [0.25, 0.3) is 0 Å². The van der Waals surface area contributed by atoms with Gasteiger partial charge in [0, 0.05) is 69.8 Å². The summed E-state index contributed by atoms with van der Waals surface area (Å²) in [4.78, 5) is 30.6. The average molecular weight is 575 g/mol. The van der Waals surface area contributed by atoms with E-state index in [1.807, 2.05) is 68.4 Å². The van der Waals surface area contributed by atoms with Crippen LogP contribution in [0.5, 0.6) is 0 Å². The van der Waals surface area contributed by atoms with Gasteiger partial charge < -0.3 is 26.4 Å². The third-order valence-corrected chi connectivity index (χ3v) is 6.57. The van der Waals surface area contributed by atoms with Crippen molar-refractivity contribution in [1.29, 1.82) is 0 Å². The van der Waals surface area contributed by atoms with Crippen LogP contribution in [0, 0.1) is 5.92 Å². The summed E-state index contributed by atoms with van der Waals surface area (Å²) in [5.74, 6) is -0.893. The number of nitrogens with two attached hydrogens (primary N) is 1. The number of pyridine rings is 3. The summed E-state index contributed by atoms with van der Waals surface area (Å²) < 4.78 is 0. The maximum atomic E-state index is 12.6. The number of carbonyl (C=O) groups excluding carboxylic acids is 1. The Morgan fingerprint density at radius 2 is 1.38 bits per heavy atom. The fourth-order valence-corrected chi connectivity index (χ4v) is 4.50. The molecule has 0 bridgehead atoms. The normalized spacial score (nSPS) is 12.5. The SMILES string of the molecule is CC(C)CC(NC(=O)CN/C(=C\N)CN(CCN(Cc1ccccn1)Cc1ccccn1)Cc1ccccn1)B(O)O. The molecule has 12 heteroatoms. The van der Waals surface area contributed by atoms with Crippen LogP contribution in [0.4, 0.5) is 0 Å². The Balaban J connectivity index is 1.66. The zero-order valence-electron chi connectivity index (χ0n) is 24.5. The van der Waals surface area contributed by atoms with Crippen molar-refractivity contribution in [3.05, 3.63) is 102 Å². The van der Waals surface area contributed by atoms with Gasteiger partial charge in [-0.2, -0.15) is 0 Å². The van der Waals surface area contributed by atoms with E-state index in [9.17, 15) is 14.8 Å². The van der Waals surface area contributed by atoms with E-state index in [1.165, 1.54) is 6.20 Å². The van der Waals surface area contributed by atoms with Crippen LogP contribution in [-0.4, -0.2) is 79.9 Å². The van der Waals surface area contributed by atoms with Crippen LogP contribution in [0.3, 0.4) is 0 Å². The van der Waals surface area contributed by atoms with E-state index >= 15 is 0 Å². The predicted molar refractivity (Wildman–Crippen MR) is 164 cm³/mol. The van der Waals surface area contributed by atoms with Gasteiger partial charge in [0.2, 0.25) is 5.91 Å². The molecule has 3 aromatic heterocycles. The highest BCUT2D eigenvalue weighted by molar-refractivity contribution is 6.43. The van der Waals surface area contributed by atoms with E-state index in [-0.39, 0.29) is 18.4 Å². The molecule has 1 unspecified atom stereocenters. The van der Waals surface area contributed by atoms with Crippen LogP contribution in [-0.2, 0) is 24.4 Å². The van der Waals surface area contributed by atoms with Gasteiger partial charge in [0.05, 0.1) is 29.6 Å². The highest BCUT2D eigenvalue weighted by Crippen LogP contribution is 2.10. The lowest BCUT2D eigenvalue weighted by Gasteiger charge is -2.28. The molecule has 1 amide bonds. The number of nitrogens with zero attached hydrogens (tertiary/aromatic N) is 5. The molecular formula is C30H43BN8O3. The first kappa shape index (κ1) is 32.7. The summed E-state index contributed by atoms with van der Waals surface area (Å²) in [6, 6.07) is 17.6. The molecule has 11 nitrogen and oxygen atoms in total. The molecule has 224 valence electrons. The molecule has 0 aromatic carbocycles. The summed E-state index contributed by atoms with van der Waals surface area (Å²) in [5.41, 5.74) is 9.51. The van der Waals surface area contributed by atoms with E-state index < -0.39 is 13.1 Å². The standard InChI is InChI=1S/C30H43BN8O3/c1-24(2)17-29(31(41)42)37-30(40)19-36-28(18-32)23-39(22-27-11-5-8-14-35-27)16-15-38(20-25-9-3-6-12-33-25)21-26-10-4-7-13-34-26/h3-14,18,24,29,36,41-42H,15-17,19-23,32H2,1-2H3,(H,37,40)/b28-18-. The van der Waals surface area contributed by atoms with Crippen LogP contribution in [0.2, 0.25) is 0 Å². The van der Waals surface area contributed by atoms with Crippen LogP contribution >= 0.6 is 0 Å². The van der Waals surface area contributed by atoms with Gasteiger partial charge in [-0.1, -0.05) is 32.0 Å². The number of rotatable bonds is 18. The van der Waals surface area contributed by atoms with Crippen LogP contribution in [0.15, 0.2) is 85.1 Å². The van der Waals surface area contributed by atoms with Crippen LogP contribution in [0.1, 0.15) is 37.4 Å². The Labute approximate surface area is 249 Å². The van der Waals surface area contributed by atoms with E-state index in [1.54, 1.807) is 18.6 Å². The van der Waals surface area contributed by atoms with Crippen molar-refractivity contribution in [2.75, 3.05) is 26.2 Å². The lowest BCUT2D eigenvalue weighted by molar-refractivity contribution is -0.120. The molecule has 0 fully saturated rings. The third kappa shape index (κ3) is 12.4. The first-order valence-corrected chi connectivity index (χ1v) is 14.3. The predicted octanol–water partition coefficient (Wildman–Crippen LogP) is 1.31.